The lowest BCUT2D eigenvalue weighted by Gasteiger charge is -2.49. The Bertz CT molecular complexity index is 887. The minimum Gasteiger partial charge on any atom is -0.425 e. The third-order valence-corrected chi connectivity index (χ3v) is 6.90. The van der Waals surface area contributed by atoms with Gasteiger partial charge in [0.1, 0.15) is 17.1 Å². The number of ketones is 1. The van der Waals surface area contributed by atoms with Crippen LogP contribution < -0.4 is 5.32 Å². The number of thioether (sulfide) groups is 1. The minimum absolute atomic E-state index is 0.00291. The standard InChI is InChI=1S/C22H31BrN2O9S/c1-12(34-21(30)22(2,3)4)33-20(29)17-13(10-32-7-6-31-5)11-35-19-16(18(28)25(17)19)24-15(27)8-14(26)9-23/h12,16,19H,6-11H2,1-5H3,(H,24,27)/t12?,16?,19-/m0/s1. The van der Waals surface area contributed by atoms with Crippen molar-refractivity contribution < 1.29 is 42.9 Å². The van der Waals surface area contributed by atoms with Crippen molar-refractivity contribution in [1.82, 2.24) is 10.2 Å². The van der Waals surface area contributed by atoms with Gasteiger partial charge in [0.05, 0.1) is 37.0 Å². The first-order valence-corrected chi connectivity index (χ1v) is 13.1. The summed E-state index contributed by atoms with van der Waals surface area (Å²) in [5.41, 5.74) is -0.270. The second-order valence-electron chi connectivity index (χ2n) is 8.93. The third kappa shape index (κ3) is 7.76. The molecule has 0 aliphatic carbocycles. The highest BCUT2D eigenvalue weighted by atomic mass is 79.9. The van der Waals surface area contributed by atoms with E-state index in [1.54, 1.807) is 20.8 Å². The van der Waals surface area contributed by atoms with E-state index < -0.39 is 46.9 Å². The van der Waals surface area contributed by atoms with E-state index >= 15 is 0 Å². The molecule has 1 saturated heterocycles. The van der Waals surface area contributed by atoms with Crippen LogP contribution in [0.25, 0.3) is 0 Å². The molecule has 2 aliphatic rings. The van der Waals surface area contributed by atoms with Gasteiger partial charge in [-0.15, -0.1) is 11.8 Å². The first kappa shape index (κ1) is 29.3. The fourth-order valence-electron chi connectivity index (χ4n) is 3.13. The van der Waals surface area contributed by atoms with Gasteiger partial charge in [-0.1, -0.05) is 15.9 Å². The molecule has 35 heavy (non-hydrogen) atoms. The van der Waals surface area contributed by atoms with E-state index in [-0.39, 0.29) is 36.4 Å². The Hall–Kier alpha value is -1.96. The number of β-lactam (4-membered cyclic amide) rings is 1. The number of carbonyl (C=O) groups is 5. The third-order valence-electron chi connectivity index (χ3n) is 4.93. The van der Waals surface area contributed by atoms with Crippen molar-refractivity contribution >= 4 is 57.2 Å². The number of amides is 2. The predicted octanol–water partition coefficient (Wildman–Crippen LogP) is 1.14. The molecule has 13 heteroatoms. The molecule has 1 N–H and O–H groups in total. The highest BCUT2D eigenvalue weighted by molar-refractivity contribution is 9.09. The van der Waals surface area contributed by atoms with Crippen LogP contribution in [0.5, 0.6) is 0 Å². The van der Waals surface area contributed by atoms with Gasteiger partial charge in [-0.2, -0.15) is 0 Å². The van der Waals surface area contributed by atoms with E-state index in [1.807, 2.05) is 0 Å². The number of esters is 2. The Kier molecular flexibility index (Phi) is 10.7. The Morgan fingerprint density at radius 3 is 2.49 bits per heavy atom. The highest BCUT2D eigenvalue weighted by Crippen LogP contribution is 2.41. The summed E-state index contributed by atoms with van der Waals surface area (Å²) in [7, 11) is 1.53. The number of alkyl halides is 1. The van der Waals surface area contributed by atoms with E-state index in [0.717, 1.165) is 0 Å². The predicted molar refractivity (Wildman–Crippen MR) is 129 cm³/mol. The highest BCUT2D eigenvalue weighted by Gasteiger charge is 2.54. The quantitative estimate of drug-likeness (QED) is 0.0895. The van der Waals surface area contributed by atoms with Gasteiger partial charge in [0, 0.05) is 19.8 Å². The second kappa shape index (κ2) is 12.8. The zero-order chi connectivity index (χ0) is 26.3. The lowest BCUT2D eigenvalue weighted by atomic mass is 9.97. The summed E-state index contributed by atoms with van der Waals surface area (Å²) in [6.45, 7) is 7.12. The van der Waals surface area contributed by atoms with Crippen LogP contribution in [0, 0.1) is 5.41 Å². The number of nitrogens with one attached hydrogen (secondary N) is 1. The van der Waals surface area contributed by atoms with E-state index in [2.05, 4.69) is 21.2 Å². The van der Waals surface area contributed by atoms with Crippen LogP contribution in [0.4, 0.5) is 0 Å². The first-order valence-electron chi connectivity index (χ1n) is 10.9. The molecule has 11 nitrogen and oxygen atoms in total. The normalized spacial score (nSPS) is 20.5. The van der Waals surface area contributed by atoms with E-state index in [0.29, 0.717) is 17.9 Å². The summed E-state index contributed by atoms with van der Waals surface area (Å²) >= 11 is 4.35. The summed E-state index contributed by atoms with van der Waals surface area (Å²) in [6, 6.07) is -0.884. The van der Waals surface area contributed by atoms with Crippen LogP contribution in [-0.4, -0.2) is 90.2 Å². The van der Waals surface area contributed by atoms with Gasteiger partial charge in [-0.3, -0.25) is 24.1 Å². The van der Waals surface area contributed by atoms with Crippen molar-refractivity contribution in [1.29, 1.82) is 0 Å². The zero-order valence-corrected chi connectivity index (χ0v) is 22.8. The molecule has 2 unspecified atom stereocenters. The molecule has 2 heterocycles. The van der Waals surface area contributed by atoms with Gasteiger partial charge in [-0.05, 0) is 26.3 Å². The fourth-order valence-corrected chi connectivity index (χ4v) is 4.65. The summed E-state index contributed by atoms with van der Waals surface area (Å²) in [6.07, 6.45) is -1.54. The lowest BCUT2D eigenvalue weighted by molar-refractivity contribution is -0.190. The molecule has 0 saturated carbocycles. The number of methoxy groups -OCH3 is 1. The van der Waals surface area contributed by atoms with Gasteiger partial charge >= 0.3 is 11.9 Å². The largest absolute Gasteiger partial charge is 0.425 e. The molecule has 2 amide bonds. The molecule has 3 atom stereocenters. The van der Waals surface area contributed by atoms with Crippen molar-refractivity contribution in [3.8, 4) is 0 Å². The number of hydrogen-bond donors (Lipinski definition) is 1. The van der Waals surface area contributed by atoms with Crippen molar-refractivity contribution in [3.05, 3.63) is 11.3 Å². The molecule has 0 aromatic heterocycles. The Balaban J connectivity index is 2.17. The van der Waals surface area contributed by atoms with Gasteiger partial charge in [0.25, 0.3) is 5.91 Å². The SMILES string of the molecule is COCCOCC1=C(C(=O)OC(C)OC(=O)C(C)(C)C)N2C(=O)C(NC(=O)CC(=O)CBr)[C@@H]2SC1. The van der Waals surface area contributed by atoms with Gasteiger partial charge < -0.3 is 24.3 Å². The number of fused-ring (bicyclic) bond motifs is 1. The average molecular weight is 579 g/mol. The van der Waals surface area contributed by atoms with Crippen LogP contribution in [0.2, 0.25) is 0 Å². The van der Waals surface area contributed by atoms with E-state index in [9.17, 15) is 24.0 Å². The number of nitrogens with zero attached hydrogens (tertiary/aromatic N) is 1. The van der Waals surface area contributed by atoms with Gasteiger partial charge in [-0.25, -0.2) is 4.79 Å². The molecule has 196 valence electrons. The van der Waals surface area contributed by atoms with Crippen molar-refractivity contribution in [2.45, 2.75) is 51.8 Å². The molecule has 1 fully saturated rings. The number of carbonyl (C=O) groups excluding carboxylic acids is 5. The number of hydrogen-bond acceptors (Lipinski definition) is 10. The fraction of sp³-hybridized carbons (Fsp3) is 0.682. The van der Waals surface area contributed by atoms with Crippen LogP contribution in [0.1, 0.15) is 34.1 Å². The number of halogens is 1. The molecule has 0 aromatic carbocycles. The molecule has 0 aromatic rings. The summed E-state index contributed by atoms with van der Waals surface area (Å²) in [5, 5.41) is 2.05. The molecule has 0 radical (unpaired) electrons. The zero-order valence-electron chi connectivity index (χ0n) is 20.4. The van der Waals surface area contributed by atoms with Crippen LogP contribution in [0.3, 0.4) is 0 Å². The molecule has 0 bridgehead atoms. The van der Waals surface area contributed by atoms with Crippen molar-refractivity contribution in [3.63, 3.8) is 0 Å². The topological polar surface area (TPSA) is 138 Å². The van der Waals surface area contributed by atoms with Crippen LogP contribution >= 0.6 is 27.7 Å². The molecular formula is C22H31BrN2O9S. The number of rotatable bonds is 12. The van der Waals surface area contributed by atoms with Crippen LogP contribution in [0.15, 0.2) is 11.3 Å². The average Bonchev–Trinajstić information content (AvgIpc) is 2.78. The van der Waals surface area contributed by atoms with Gasteiger partial charge in [0.15, 0.2) is 5.78 Å². The maximum atomic E-state index is 13.1. The second-order valence-corrected chi connectivity index (χ2v) is 10.6. The minimum atomic E-state index is -1.19. The summed E-state index contributed by atoms with van der Waals surface area (Å²) < 4.78 is 21.1. The van der Waals surface area contributed by atoms with Gasteiger partial charge in [0.2, 0.25) is 12.2 Å². The van der Waals surface area contributed by atoms with Crippen LogP contribution in [-0.2, 0) is 42.9 Å². The smallest absolute Gasteiger partial charge is 0.358 e. The monoisotopic (exact) mass is 578 g/mol. The van der Waals surface area contributed by atoms with Crippen molar-refractivity contribution in [2.75, 3.05) is 38.0 Å². The molecule has 2 aliphatic heterocycles. The Morgan fingerprint density at radius 2 is 1.89 bits per heavy atom. The van der Waals surface area contributed by atoms with Crippen molar-refractivity contribution in [2.24, 2.45) is 5.41 Å². The summed E-state index contributed by atoms with van der Waals surface area (Å²) in [4.78, 5) is 63.1. The number of Topliss-reactive ketones (excluding diaryl/α,β-unsaturated/α-hetero) is 1. The maximum absolute atomic E-state index is 13.1. The molecule has 2 rings (SSSR count). The molecular weight excluding hydrogens is 548 g/mol. The maximum Gasteiger partial charge on any atom is 0.358 e. The molecule has 0 spiro atoms. The summed E-state index contributed by atoms with van der Waals surface area (Å²) in [5.74, 6) is -2.45. The number of ether oxygens (including phenoxy) is 4. The first-order chi connectivity index (χ1) is 16.4. The van der Waals surface area contributed by atoms with E-state index in [1.165, 1.54) is 30.7 Å². The lowest BCUT2D eigenvalue weighted by Crippen LogP contribution is -2.70. The Labute approximate surface area is 216 Å². The Morgan fingerprint density at radius 1 is 1.20 bits per heavy atom. The van der Waals surface area contributed by atoms with E-state index in [4.69, 9.17) is 18.9 Å².